The van der Waals surface area contributed by atoms with Crippen LogP contribution < -0.4 is 10.1 Å². The highest BCUT2D eigenvalue weighted by Crippen LogP contribution is 2.19. The van der Waals surface area contributed by atoms with E-state index in [1.54, 1.807) is 0 Å². The summed E-state index contributed by atoms with van der Waals surface area (Å²) < 4.78 is 5.87. The number of nitrogens with one attached hydrogen (secondary N) is 1. The van der Waals surface area contributed by atoms with E-state index < -0.39 is 0 Å². The third kappa shape index (κ3) is 4.36. The van der Waals surface area contributed by atoms with Crippen molar-refractivity contribution in [1.29, 1.82) is 0 Å². The van der Waals surface area contributed by atoms with Gasteiger partial charge in [-0.15, -0.1) is 0 Å². The Morgan fingerprint density at radius 3 is 2.43 bits per heavy atom. The van der Waals surface area contributed by atoms with Gasteiger partial charge in [-0.1, -0.05) is 60.7 Å². The summed E-state index contributed by atoms with van der Waals surface area (Å²) in [5.41, 5.74) is 4.85. The highest BCUT2D eigenvalue weighted by atomic mass is 16.5. The van der Waals surface area contributed by atoms with E-state index in [-0.39, 0.29) is 0 Å². The summed E-state index contributed by atoms with van der Waals surface area (Å²) in [6.07, 6.45) is 0. The van der Waals surface area contributed by atoms with Crippen molar-refractivity contribution < 1.29 is 4.74 Å². The van der Waals surface area contributed by atoms with Crippen LogP contribution in [-0.4, -0.2) is 0 Å². The number of hydrogen-bond acceptors (Lipinski definition) is 2. The number of rotatable bonds is 6. The summed E-state index contributed by atoms with van der Waals surface area (Å²) in [7, 11) is 0. The van der Waals surface area contributed by atoms with Crippen LogP contribution in [0.25, 0.3) is 0 Å². The molecule has 0 unspecified atom stereocenters. The zero-order valence-corrected chi connectivity index (χ0v) is 13.3. The Hall–Kier alpha value is -2.74. The first-order valence-electron chi connectivity index (χ1n) is 7.86. The van der Waals surface area contributed by atoms with Crippen molar-refractivity contribution in [3.8, 4) is 5.75 Å². The highest BCUT2D eigenvalue weighted by molar-refractivity contribution is 5.49. The molecule has 2 heteroatoms. The molecule has 0 aliphatic rings. The zero-order chi connectivity index (χ0) is 15.9. The fraction of sp³-hybridized carbons (Fsp3) is 0.143. The van der Waals surface area contributed by atoms with Crippen LogP contribution in [-0.2, 0) is 13.2 Å². The second kappa shape index (κ2) is 7.50. The maximum Gasteiger partial charge on any atom is 0.121 e. The molecular weight excluding hydrogens is 282 g/mol. The van der Waals surface area contributed by atoms with Crippen LogP contribution in [0.5, 0.6) is 5.75 Å². The fourth-order valence-electron chi connectivity index (χ4n) is 2.44. The monoisotopic (exact) mass is 303 g/mol. The molecule has 2 nitrogen and oxygen atoms in total. The second-order valence-corrected chi connectivity index (χ2v) is 5.58. The van der Waals surface area contributed by atoms with Crippen molar-refractivity contribution >= 4 is 5.69 Å². The normalized spacial score (nSPS) is 10.3. The topological polar surface area (TPSA) is 21.3 Å². The van der Waals surface area contributed by atoms with Crippen molar-refractivity contribution in [3.63, 3.8) is 0 Å². The van der Waals surface area contributed by atoms with E-state index in [9.17, 15) is 0 Å². The van der Waals surface area contributed by atoms with E-state index in [2.05, 4.69) is 54.7 Å². The lowest BCUT2D eigenvalue weighted by molar-refractivity contribution is 0.306. The third-order valence-corrected chi connectivity index (χ3v) is 3.83. The lowest BCUT2D eigenvalue weighted by atomic mass is 10.1. The molecule has 0 aliphatic carbocycles. The number of benzene rings is 3. The van der Waals surface area contributed by atoms with Gasteiger partial charge in [-0.05, 0) is 35.7 Å². The molecule has 0 amide bonds. The van der Waals surface area contributed by atoms with Crippen LogP contribution in [0.1, 0.15) is 16.7 Å². The Bertz CT molecular complexity index is 753. The predicted molar refractivity (Wildman–Crippen MR) is 95.7 cm³/mol. The minimum atomic E-state index is 0.585. The van der Waals surface area contributed by atoms with Gasteiger partial charge in [0, 0.05) is 18.3 Å². The molecule has 116 valence electrons. The van der Waals surface area contributed by atoms with Gasteiger partial charge in [-0.2, -0.15) is 0 Å². The van der Waals surface area contributed by atoms with Crippen molar-refractivity contribution in [2.75, 3.05) is 5.32 Å². The van der Waals surface area contributed by atoms with Crippen LogP contribution in [0.15, 0.2) is 78.9 Å². The minimum absolute atomic E-state index is 0.585. The van der Waals surface area contributed by atoms with Crippen LogP contribution in [0.4, 0.5) is 5.69 Å². The van der Waals surface area contributed by atoms with Crippen LogP contribution in [0.2, 0.25) is 0 Å². The van der Waals surface area contributed by atoms with Gasteiger partial charge in [0.05, 0.1) is 0 Å². The minimum Gasteiger partial charge on any atom is -0.489 e. The van der Waals surface area contributed by atoms with Gasteiger partial charge in [-0.25, -0.2) is 0 Å². The number of anilines is 1. The Balaban J connectivity index is 1.60. The van der Waals surface area contributed by atoms with Gasteiger partial charge in [0.15, 0.2) is 0 Å². The Morgan fingerprint density at radius 2 is 1.61 bits per heavy atom. The summed E-state index contributed by atoms with van der Waals surface area (Å²) >= 11 is 0. The van der Waals surface area contributed by atoms with Crippen molar-refractivity contribution in [2.45, 2.75) is 20.1 Å². The molecule has 0 saturated heterocycles. The summed E-state index contributed by atoms with van der Waals surface area (Å²) in [6.45, 7) is 3.54. The molecular formula is C21H21NO. The molecule has 0 saturated carbocycles. The predicted octanol–water partition coefficient (Wildman–Crippen LogP) is 5.19. The van der Waals surface area contributed by atoms with E-state index in [4.69, 9.17) is 4.74 Å². The summed E-state index contributed by atoms with van der Waals surface area (Å²) in [6, 6.07) is 26.7. The molecule has 0 aromatic heterocycles. The molecule has 3 aromatic carbocycles. The van der Waals surface area contributed by atoms with Gasteiger partial charge in [-0.3, -0.25) is 0 Å². The Labute approximate surface area is 137 Å². The van der Waals surface area contributed by atoms with Crippen LogP contribution in [0, 0.1) is 6.92 Å². The van der Waals surface area contributed by atoms with Crippen LogP contribution >= 0.6 is 0 Å². The maximum atomic E-state index is 5.87. The van der Waals surface area contributed by atoms with E-state index in [0.29, 0.717) is 6.61 Å². The molecule has 0 spiro atoms. The number of hydrogen-bond donors (Lipinski definition) is 1. The molecule has 0 heterocycles. The lowest BCUT2D eigenvalue weighted by Crippen LogP contribution is -2.01. The largest absolute Gasteiger partial charge is 0.489 e. The van der Waals surface area contributed by atoms with E-state index in [0.717, 1.165) is 18.0 Å². The van der Waals surface area contributed by atoms with Crippen molar-refractivity contribution in [1.82, 2.24) is 0 Å². The molecule has 0 atom stereocenters. The summed E-state index contributed by atoms with van der Waals surface area (Å²) in [5, 5.41) is 3.46. The Morgan fingerprint density at radius 1 is 0.826 bits per heavy atom. The first kappa shape index (κ1) is 15.2. The molecule has 0 fully saturated rings. The van der Waals surface area contributed by atoms with Gasteiger partial charge >= 0.3 is 0 Å². The lowest BCUT2D eigenvalue weighted by Gasteiger charge is -2.11. The van der Waals surface area contributed by atoms with Gasteiger partial charge < -0.3 is 10.1 Å². The average molecular weight is 303 g/mol. The fourth-order valence-corrected chi connectivity index (χ4v) is 2.44. The smallest absolute Gasteiger partial charge is 0.121 e. The van der Waals surface area contributed by atoms with E-state index >= 15 is 0 Å². The maximum absolute atomic E-state index is 5.87. The Kier molecular flexibility index (Phi) is 4.95. The highest BCUT2D eigenvalue weighted by Gasteiger charge is 2.00. The molecule has 0 bridgehead atoms. The zero-order valence-electron chi connectivity index (χ0n) is 13.3. The molecule has 23 heavy (non-hydrogen) atoms. The summed E-state index contributed by atoms with van der Waals surface area (Å²) in [4.78, 5) is 0. The standard InChI is InChI=1S/C21H21NO/c1-17-8-5-6-11-19(17)15-22-20-12-7-13-21(14-20)23-16-18-9-3-2-4-10-18/h2-14,22H,15-16H2,1H3. The van der Waals surface area contributed by atoms with Crippen molar-refractivity contribution in [3.05, 3.63) is 95.6 Å². The van der Waals surface area contributed by atoms with Gasteiger partial charge in [0.25, 0.3) is 0 Å². The third-order valence-electron chi connectivity index (χ3n) is 3.83. The molecule has 3 rings (SSSR count). The van der Waals surface area contributed by atoms with Crippen molar-refractivity contribution in [2.24, 2.45) is 0 Å². The molecule has 0 aliphatic heterocycles. The van der Waals surface area contributed by atoms with E-state index in [1.807, 2.05) is 36.4 Å². The second-order valence-electron chi connectivity index (χ2n) is 5.58. The molecule has 0 radical (unpaired) electrons. The van der Waals surface area contributed by atoms with Gasteiger partial charge in [0.2, 0.25) is 0 Å². The van der Waals surface area contributed by atoms with E-state index in [1.165, 1.54) is 16.7 Å². The number of aryl methyl sites for hydroxylation is 1. The van der Waals surface area contributed by atoms with Crippen LogP contribution in [0.3, 0.4) is 0 Å². The quantitative estimate of drug-likeness (QED) is 0.677. The molecule has 1 N–H and O–H groups in total. The first-order valence-corrected chi connectivity index (χ1v) is 7.86. The SMILES string of the molecule is Cc1ccccc1CNc1cccc(OCc2ccccc2)c1. The number of ether oxygens (including phenoxy) is 1. The first-order chi connectivity index (χ1) is 11.3. The average Bonchev–Trinajstić information content (AvgIpc) is 2.61. The summed E-state index contributed by atoms with van der Waals surface area (Å²) in [5.74, 6) is 0.878. The molecule has 3 aromatic rings. The van der Waals surface area contributed by atoms with Gasteiger partial charge in [0.1, 0.15) is 12.4 Å².